The molecule has 0 aliphatic carbocycles. The molecule has 0 aliphatic heterocycles. The van der Waals surface area contributed by atoms with Gasteiger partial charge in [-0.1, -0.05) is 119 Å². The van der Waals surface area contributed by atoms with Gasteiger partial charge < -0.3 is 4.57 Å². The minimum absolute atomic E-state index is 0.296. The van der Waals surface area contributed by atoms with E-state index in [2.05, 4.69) is 27.7 Å². The zero-order valence-electron chi connectivity index (χ0n) is 20.7. The Kier molecular flexibility index (Phi) is 8.49. The normalized spacial score (nSPS) is 14.9. The minimum atomic E-state index is -3.51. The summed E-state index contributed by atoms with van der Waals surface area (Å²) >= 11 is 0. The van der Waals surface area contributed by atoms with Crippen LogP contribution in [-0.2, 0) is 4.57 Å². The maximum atomic E-state index is 14.6. The lowest BCUT2D eigenvalue weighted by molar-refractivity contribution is 0.107. The second-order valence-corrected chi connectivity index (χ2v) is 12.0. The third kappa shape index (κ3) is 5.56. The molecule has 0 radical (unpaired) electrons. The van der Waals surface area contributed by atoms with Crippen molar-refractivity contribution >= 4 is 23.3 Å². The highest BCUT2D eigenvalue weighted by molar-refractivity contribution is 7.93. The lowest BCUT2D eigenvalue weighted by Crippen LogP contribution is -2.23. The first-order valence-electron chi connectivity index (χ1n) is 12.2. The fourth-order valence-electron chi connectivity index (χ4n) is 4.49. The van der Waals surface area contributed by atoms with Gasteiger partial charge in [-0.05, 0) is 42.7 Å². The molecule has 3 unspecified atom stereocenters. The molecule has 0 spiro atoms. The van der Waals surface area contributed by atoms with Gasteiger partial charge in [0.2, 0.25) is 12.7 Å². The molecular weight excluding hydrogens is 423 g/mol. The Morgan fingerprint density at radius 2 is 1.09 bits per heavy atom. The summed E-state index contributed by atoms with van der Waals surface area (Å²) in [7, 11) is -3.51. The summed E-state index contributed by atoms with van der Waals surface area (Å²) in [6.07, 6.45) is 4.46. The third-order valence-corrected chi connectivity index (χ3v) is 9.56. The molecular formula is C30H37O2P. The zero-order valence-corrected chi connectivity index (χ0v) is 21.6. The van der Waals surface area contributed by atoms with E-state index in [1.165, 1.54) is 11.1 Å². The standard InChI is InChI=1S/C30H37O2P/c1-6-8-23(4)25-12-14-27(15-13-25)30(31)33(32,28-18-10-22(3)11-19-28)29-20-16-26(17-21-29)24(5)9-7-2/h10-21,23-24H,6-9H2,1-5H3. The molecule has 0 aliphatic rings. The third-order valence-electron chi connectivity index (χ3n) is 6.68. The Balaban J connectivity index is 2.04. The number of carbonyl (C=O) groups is 1. The summed E-state index contributed by atoms with van der Waals surface area (Å²) in [5.41, 5.74) is 3.73. The van der Waals surface area contributed by atoms with Crippen LogP contribution in [0.5, 0.6) is 0 Å². The van der Waals surface area contributed by atoms with Crippen LogP contribution >= 0.6 is 7.14 Å². The Labute approximate surface area is 199 Å². The molecule has 3 heteroatoms. The molecule has 174 valence electrons. The van der Waals surface area contributed by atoms with Gasteiger partial charge in [-0.3, -0.25) is 4.79 Å². The first kappa shape index (κ1) is 25.2. The van der Waals surface area contributed by atoms with Crippen LogP contribution in [0.15, 0.2) is 72.8 Å². The summed E-state index contributed by atoms with van der Waals surface area (Å²) in [6.45, 7) is 10.8. The average Bonchev–Trinajstić information content (AvgIpc) is 2.84. The van der Waals surface area contributed by atoms with Crippen LogP contribution in [0.4, 0.5) is 0 Å². The molecule has 0 bridgehead atoms. The van der Waals surface area contributed by atoms with Crippen molar-refractivity contribution in [3.05, 3.63) is 95.1 Å². The first-order chi connectivity index (χ1) is 15.8. The van der Waals surface area contributed by atoms with Gasteiger partial charge in [0.25, 0.3) is 0 Å². The summed E-state index contributed by atoms with van der Waals surface area (Å²) in [5, 5.41) is 1.20. The molecule has 0 saturated heterocycles. The van der Waals surface area contributed by atoms with Crippen LogP contribution < -0.4 is 10.6 Å². The molecule has 33 heavy (non-hydrogen) atoms. The molecule has 0 N–H and O–H groups in total. The van der Waals surface area contributed by atoms with E-state index in [-0.39, 0.29) is 5.52 Å². The molecule has 0 fully saturated rings. The van der Waals surface area contributed by atoms with Gasteiger partial charge in [0, 0.05) is 16.2 Å². The van der Waals surface area contributed by atoms with E-state index in [1.54, 1.807) is 0 Å². The van der Waals surface area contributed by atoms with E-state index in [0.717, 1.165) is 31.2 Å². The number of benzene rings is 3. The molecule has 0 amide bonds. The molecule has 2 nitrogen and oxygen atoms in total. The minimum Gasteiger partial charge on any atom is -0.305 e. The Morgan fingerprint density at radius 1 is 0.697 bits per heavy atom. The van der Waals surface area contributed by atoms with Crippen molar-refractivity contribution in [3.8, 4) is 0 Å². The highest BCUT2D eigenvalue weighted by atomic mass is 31.2. The van der Waals surface area contributed by atoms with Crippen LogP contribution in [0.2, 0.25) is 0 Å². The first-order valence-corrected chi connectivity index (χ1v) is 13.9. The molecule has 3 aromatic rings. The molecule has 0 heterocycles. The number of hydrogen-bond donors (Lipinski definition) is 0. The van der Waals surface area contributed by atoms with Crippen LogP contribution in [-0.4, -0.2) is 5.52 Å². The maximum Gasteiger partial charge on any atom is 0.230 e. The summed E-state index contributed by atoms with van der Waals surface area (Å²) in [5.74, 6) is 0.886. The van der Waals surface area contributed by atoms with Crippen molar-refractivity contribution in [3.63, 3.8) is 0 Å². The van der Waals surface area contributed by atoms with Gasteiger partial charge in [-0.2, -0.15) is 0 Å². The highest BCUT2D eigenvalue weighted by Gasteiger charge is 2.36. The second-order valence-electron chi connectivity index (χ2n) is 9.34. The topological polar surface area (TPSA) is 34.1 Å². The second kappa shape index (κ2) is 11.1. The predicted octanol–water partition coefficient (Wildman–Crippen LogP) is 7.96. The van der Waals surface area contributed by atoms with Crippen LogP contribution in [0.25, 0.3) is 0 Å². The van der Waals surface area contributed by atoms with Gasteiger partial charge in [-0.25, -0.2) is 0 Å². The lowest BCUT2D eigenvalue weighted by atomic mass is 9.96. The van der Waals surface area contributed by atoms with E-state index < -0.39 is 7.14 Å². The van der Waals surface area contributed by atoms with Gasteiger partial charge in [0.1, 0.15) is 0 Å². The average molecular weight is 461 g/mol. The van der Waals surface area contributed by atoms with Crippen molar-refractivity contribution in [2.45, 2.75) is 72.1 Å². The quantitative estimate of drug-likeness (QED) is 0.288. The van der Waals surface area contributed by atoms with E-state index in [4.69, 9.17) is 0 Å². The largest absolute Gasteiger partial charge is 0.305 e. The van der Waals surface area contributed by atoms with E-state index >= 15 is 0 Å². The molecule has 0 saturated carbocycles. The SMILES string of the molecule is CCCC(C)c1ccc(C(=O)P(=O)(c2ccc(C)cc2)c2ccc(C(C)CCC)cc2)cc1. The fourth-order valence-corrected chi connectivity index (χ4v) is 6.90. The van der Waals surface area contributed by atoms with Crippen molar-refractivity contribution in [2.75, 3.05) is 0 Å². The van der Waals surface area contributed by atoms with Crippen LogP contribution in [0.3, 0.4) is 0 Å². The van der Waals surface area contributed by atoms with E-state index in [1.807, 2.05) is 79.7 Å². The molecule has 0 aromatic heterocycles. The van der Waals surface area contributed by atoms with Gasteiger partial charge in [0.05, 0.1) is 0 Å². The Bertz CT molecular complexity index is 1100. The number of rotatable bonds is 10. The zero-order chi connectivity index (χ0) is 24.0. The predicted molar refractivity (Wildman–Crippen MR) is 142 cm³/mol. The number of carbonyl (C=O) groups excluding carboxylic acids is 1. The monoisotopic (exact) mass is 460 g/mol. The molecule has 3 atom stereocenters. The fraction of sp³-hybridized carbons (Fsp3) is 0.367. The Morgan fingerprint density at radius 3 is 1.52 bits per heavy atom. The van der Waals surface area contributed by atoms with Crippen molar-refractivity contribution in [2.24, 2.45) is 0 Å². The van der Waals surface area contributed by atoms with Gasteiger partial charge >= 0.3 is 0 Å². The smallest absolute Gasteiger partial charge is 0.230 e. The summed E-state index contributed by atoms with van der Waals surface area (Å²) in [6, 6.07) is 23.2. The maximum absolute atomic E-state index is 14.6. The van der Waals surface area contributed by atoms with E-state index in [9.17, 15) is 9.36 Å². The van der Waals surface area contributed by atoms with E-state index in [0.29, 0.717) is 28.0 Å². The van der Waals surface area contributed by atoms with Crippen molar-refractivity contribution in [1.82, 2.24) is 0 Å². The molecule has 3 aromatic carbocycles. The summed E-state index contributed by atoms with van der Waals surface area (Å²) in [4.78, 5) is 13.8. The van der Waals surface area contributed by atoms with Crippen molar-refractivity contribution in [1.29, 1.82) is 0 Å². The summed E-state index contributed by atoms with van der Waals surface area (Å²) < 4.78 is 14.6. The lowest BCUT2D eigenvalue weighted by Gasteiger charge is -2.20. The highest BCUT2D eigenvalue weighted by Crippen LogP contribution is 2.47. The van der Waals surface area contributed by atoms with Crippen molar-refractivity contribution < 1.29 is 9.36 Å². The molecule has 3 rings (SSSR count). The Hall–Kier alpha value is -2.44. The van der Waals surface area contributed by atoms with Gasteiger partial charge in [0.15, 0.2) is 0 Å². The van der Waals surface area contributed by atoms with Crippen LogP contribution in [0, 0.1) is 6.92 Å². The number of aryl methyl sites for hydroxylation is 1. The number of hydrogen-bond acceptors (Lipinski definition) is 2. The van der Waals surface area contributed by atoms with Gasteiger partial charge in [-0.15, -0.1) is 0 Å². The van der Waals surface area contributed by atoms with Crippen LogP contribution in [0.1, 0.15) is 92.3 Å².